The number of halogens is 1. The Hall–Kier alpha value is -3.87. The van der Waals surface area contributed by atoms with Crippen LogP contribution < -0.4 is 14.8 Å². The zero-order chi connectivity index (χ0) is 25.2. The molecule has 1 aliphatic heterocycles. The smallest absolute Gasteiger partial charge is 0.257 e. The molecule has 4 rings (SSSR count). The number of amides is 2. The second-order valence-electron chi connectivity index (χ2n) is 8.71. The maximum Gasteiger partial charge on any atom is 0.257 e. The summed E-state index contributed by atoms with van der Waals surface area (Å²) in [6, 6.07) is 23.3. The van der Waals surface area contributed by atoms with Crippen molar-refractivity contribution in [2.75, 3.05) is 32.8 Å². The van der Waals surface area contributed by atoms with Crippen molar-refractivity contribution in [1.82, 2.24) is 10.2 Å². The van der Waals surface area contributed by atoms with Gasteiger partial charge in [-0.15, -0.1) is 0 Å². The Morgan fingerprint density at radius 2 is 1.53 bits per heavy atom. The normalized spacial score (nSPS) is 13.8. The summed E-state index contributed by atoms with van der Waals surface area (Å²) in [5, 5.41) is 2.91. The summed E-state index contributed by atoms with van der Waals surface area (Å²) in [5.74, 6) is 0.730. The van der Waals surface area contributed by atoms with Gasteiger partial charge in [-0.3, -0.25) is 9.59 Å². The molecule has 0 saturated carbocycles. The van der Waals surface area contributed by atoms with E-state index in [2.05, 4.69) is 5.32 Å². The third-order valence-electron chi connectivity index (χ3n) is 6.27. The number of hydrogen-bond acceptors (Lipinski definition) is 4. The van der Waals surface area contributed by atoms with E-state index in [1.165, 1.54) is 6.07 Å². The van der Waals surface area contributed by atoms with Gasteiger partial charge < -0.3 is 19.7 Å². The third-order valence-corrected chi connectivity index (χ3v) is 6.27. The molecule has 7 heteroatoms. The number of benzene rings is 3. The molecule has 0 unspecified atom stereocenters. The summed E-state index contributed by atoms with van der Waals surface area (Å²) in [7, 11) is 0. The topological polar surface area (TPSA) is 67.9 Å². The molecule has 1 saturated heterocycles. The first-order valence-electron chi connectivity index (χ1n) is 12.3. The second kappa shape index (κ2) is 12.7. The van der Waals surface area contributed by atoms with Gasteiger partial charge in [0.25, 0.3) is 5.91 Å². The van der Waals surface area contributed by atoms with Crippen LogP contribution in [0.3, 0.4) is 0 Å². The highest BCUT2D eigenvalue weighted by molar-refractivity contribution is 5.97. The van der Waals surface area contributed by atoms with Gasteiger partial charge in [0, 0.05) is 25.6 Å². The van der Waals surface area contributed by atoms with Crippen LogP contribution in [0.2, 0.25) is 0 Å². The van der Waals surface area contributed by atoms with Gasteiger partial charge in [0.15, 0.2) is 0 Å². The van der Waals surface area contributed by atoms with Crippen LogP contribution in [0.15, 0.2) is 78.9 Å². The fourth-order valence-electron chi connectivity index (χ4n) is 4.28. The standard InChI is InChI=1S/C29H31FN2O4/c30-26-12-6-4-8-22(26)14-17-31-28(33)23-15-18-32(19-16-23)29(34)25-11-5-7-13-27(25)36-21-20-35-24-9-2-1-3-10-24/h1-13,23H,14-21H2,(H,31,33). The molecule has 188 valence electrons. The van der Waals surface area contributed by atoms with E-state index in [0.717, 1.165) is 5.75 Å². The Morgan fingerprint density at radius 3 is 2.31 bits per heavy atom. The van der Waals surface area contributed by atoms with E-state index >= 15 is 0 Å². The summed E-state index contributed by atoms with van der Waals surface area (Å²) in [5.41, 5.74) is 1.09. The van der Waals surface area contributed by atoms with Gasteiger partial charge in [0.1, 0.15) is 30.5 Å². The molecule has 1 fully saturated rings. The average Bonchev–Trinajstić information content (AvgIpc) is 2.92. The lowest BCUT2D eigenvalue weighted by Gasteiger charge is -2.31. The molecule has 36 heavy (non-hydrogen) atoms. The fourth-order valence-corrected chi connectivity index (χ4v) is 4.28. The predicted octanol–water partition coefficient (Wildman–Crippen LogP) is 4.49. The first-order chi connectivity index (χ1) is 17.6. The third kappa shape index (κ3) is 6.84. The molecule has 3 aromatic rings. The van der Waals surface area contributed by atoms with E-state index in [4.69, 9.17) is 9.47 Å². The van der Waals surface area contributed by atoms with E-state index in [1.807, 2.05) is 42.5 Å². The number of piperidine rings is 1. The quantitative estimate of drug-likeness (QED) is 0.425. The van der Waals surface area contributed by atoms with E-state index in [-0.39, 0.29) is 23.5 Å². The zero-order valence-electron chi connectivity index (χ0n) is 20.2. The summed E-state index contributed by atoms with van der Waals surface area (Å²) < 4.78 is 25.3. The molecule has 0 bridgehead atoms. The van der Waals surface area contributed by atoms with Crippen molar-refractivity contribution < 1.29 is 23.5 Å². The van der Waals surface area contributed by atoms with Gasteiger partial charge in [-0.2, -0.15) is 0 Å². The van der Waals surface area contributed by atoms with Gasteiger partial charge in [-0.05, 0) is 55.2 Å². The molecule has 6 nitrogen and oxygen atoms in total. The molecule has 1 heterocycles. The molecule has 0 aromatic heterocycles. The Bertz CT molecular complexity index is 1150. The van der Waals surface area contributed by atoms with Crippen LogP contribution in [0.1, 0.15) is 28.8 Å². The molecule has 1 N–H and O–H groups in total. The van der Waals surface area contributed by atoms with Crippen LogP contribution in [-0.2, 0) is 11.2 Å². The largest absolute Gasteiger partial charge is 0.490 e. The molecule has 2 amide bonds. The Balaban J connectivity index is 1.22. The summed E-state index contributed by atoms with van der Waals surface area (Å²) in [6.07, 6.45) is 1.62. The Morgan fingerprint density at radius 1 is 0.861 bits per heavy atom. The van der Waals surface area contributed by atoms with Crippen LogP contribution in [0.4, 0.5) is 4.39 Å². The minimum absolute atomic E-state index is 0.0411. The Kier molecular flexibility index (Phi) is 8.92. The number of hydrogen-bond donors (Lipinski definition) is 1. The van der Waals surface area contributed by atoms with Crippen LogP contribution in [0.5, 0.6) is 11.5 Å². The SMILES string of the molecule is O=C(NCCc1ccccc1F)C1CCN(C(=O)c2ccccc2OCCOc2ccccc2)CC1. The summed E-state index contributed by atoms with van der Waals surface area (Å²) >= 11 is 0. The van der Waals surface area contributed by atoms with Crippen LogP contribution in [0.25, 0.3) is 0 Å². The van der Waals surface area contributed by atoms with E-state index in [1.54, 1.807) is 35.2 Å². The van der Waals surface area contributed by atoms with Crippen molar-refractivity contribution in [3.05, 3.63) is 95.8 Å². The van der Waals surface area contributed by atoms with Crippen molar-refractivity contribution >= 4 is 11.8 Å². The van der Waals surface area contributed by atoms with Gasteiger partial charge in [-0.25, -0.2) is 4.39 Å². The van der Waals surface area contributed by atoms with E-state index in [9.17, 15) is 14.0 Å². The summed E-state index contributed by atoms with van der Waals surface area (Å²) in [4.78, 5) is 27.5. The Labute approximate surface area is 211 Å². The lowest BCUT2D eigenvalue weighted by molar-refractivity contribution is -0.126. The van der Waals surface area contributed by atoms with Crippen molar-refractivity contribution in [3.8, 4) is 11.5 Å². The van der Waals surface area contributed by atoms with Crippen molar-refractivity contribution in [1.29, 1.82) is 0 Å². The molecule has 0 atom stereocenters. The number of rotatable bonds is 10. The van der Waals surface area contributed by atoms with E-state index < -0.39 is 0 Å². The van der Waals surface area contributed by atoms with Gasteiger partial charge in [-0.1, -0.05) is 48.5 Å². The minimum Gasteiger partial charge on any atom is -0.490 e. The van der Waals surface area contributed by atoms with Gasteiger partial charge in [0.05, 0.1) is 5.56 Å². The van der Waals surface area contributed by atoms with Crippen molar-refractivity contribution in [2.45, 2.75) is 19.3 Å². The highest BCUT2D eigenvalue weighted by Gasteiger charge is 2.28. The predicted molar refractivity (Wildman–Crippen MR) is 136 cm³/mol. The molecule has 0 radical (unpaired) electrons. The minimum atomic E-state index is -0.258. The second-order valence-corrected chi connectivity index (χ2v) is 8.71. The molecule has 0 aliphatic carbocycles. The fraction of sp³-hybridized carbons (Fsp3) is 0.310. The lowest BCUT2D eigenvalue weighted by atomic mass is 9.95. The first-order valence-corrected chi connectivity index (χ1v) is 12.3. The van der Waals surface area contributed by atoms with Gasteiger partial charge >= 0.3 is 0 Å². The number of ether oxygens (including phenoxy) is 2. The number of nitrogens with zero attached hydrogens (tertiary/aromatic N) is 1. The molecular weight excluding hydrogens is 459 g/mol. The zero-order valence-corrected chi connectivity index (χ0v) is 20.2. The van der Waals surface area contributed by atoms with Crippen molar-refractivity contribution in [3.63, 3.8) is 0 Å². The van der Waals surface area contributed by atoms with Crippen LogP contribution in [0, 0.1) is 11.7 Å². The highest BCUT2D eigenvalue weighted by Crippen LogP contribution is 2.24. The number of likely N-dealkylation sites (tertiary alicyclic amines) is 1. The molecule has 0 spiro atoms. The molecular formula is C29H31FN2O4. The van der Waals surface area contributed by atoms with Gasteiger partial charge in [0.2, 0.25) is 5.91 Å². The number of carbonyl (C=O) groups excluding carboxylic acids is 2. The molecule has 3 aromatic carbocycles. The summed E-state index contributed by atoms with van der Waals surface area (Å²) in [6.45, 7) is 2.06. The maximum atomic E-state index is 13.7. The average molecular weight is 491 g/mol. The first kappa shape index (κ1) is 25.2. The lowest BCUT2D eigenvalue weighted by Crippen LogP contribution is -2.43. The highest BCUT2D eigenvalue weighted by atomic mass is 19.1. The monoisotopic (exact) mass is 490 g/mol. The number of para-hydroxylation sites is 2. The maximum absolute atomic E-state index is 13.7. The van der Waals surface area contributed by atoms with Crippen LogP contribution in [-0.4, -0.2) is 49.6 Å². The van der Waals surface area contributed by atoms with E-state index in [0.29, 0.717) is 69.0 Å². The number of nitrogens with one attached hydrogen (secondary N) is 1. The number of carbonyl (C=O) groups is 2. The molecule has 1 aliphatic rings. The van der Waals surface area contributed by atoms with Crippen molar-refractivity contribution in [2.24, 2.45) is 5.92 Å². The van der Waals surface area contributed by atoms with Crippen LogP contribution >= 0.6 is 0 Å².